The Morgan fingerprint density at radius 2 is 2.10 bits per heavy atom. The van der Waals surface area contributed by atoms with Crippen molar-refractivity contribution >= 4 is 53.3 Å². The van der Waals surface area contributed by atoms with Crippen LogP contribution in [-0.4, -0.2) is 30.8 Å². The van der Waals surface area contributed by atoms with Gasteiger partial charge in [-0.3, -0.25) is 4.79 Å². The minimum atomic E-state index is -0.124. The molecule has 0 saturated carbocycles. The highest BCUT2D eigenvalue weighted by molar-refractivity contribution is 7.98. The summed E-state index contributed by atoms with van der Waals surface area (Å²) in [5.41, 5.74) is 0.492. The van der Waals surface area contributed by atoms with E-state index in [4.69, 9.17) is 23.2 Å². The molecule has 118 valence electrons. The van der Waals surface area contributed by atoms with Gasteiger partial charge in [-0.1, -0.05) is 23.2 Å². The fourth-order valence-corrected chi connectivity index (χ4v) is 3.58. The van der Waals surface area contributed by atoms with Gasteiger partial charge in [0.15, 0.2) is 0 Å². The largest absolute Gasteiger partial charge is 0.349 e. The number of hydrogen-bond acceptors (Lipinski definition) is 3. The molecular formula is C14H19Cl3N2OS. The van der Waals surface area contributed by atoms with Crippen molar-refractivity contribution in [2.24, 2.45) is 0 Å². The van der Waals surface area contributed by atoms with E-state index >= 15 is 0 Å². The molecule has 3 nitrogen and oxygen atoms in total. The van der Waals surface area contributed by atoms with Crippen LogP contribution in [0.2, 0.25) is 10.0 Å². The zero-order valence-corrected chi connectivity index (χ0v) is 15.1. The van der Waals surface area contributed by atoms with Gasteiger partial charge in [-0.2, -0.15) is 0 Å². The lowest BCUT2D eigenvalue weighted by Crippen LogP contribution is -2.46. The van der Waals surface area contributed by atoms with Crippen LogP contribution in [0.4, 0.5) is 0 Å². The van der Waals surface area contributed by atoms with Gasteiger partial charge in [-0.15, -0.1) is 24.2 Å². The Morgan fingerprint density at radius 1 is 1.38 bits per heavy atom. The Hall–Kier alpha value is -0.130. The lowest BCUT2D eigenvalue weighted by atomic mass is 10.0. The zero-order chi connectivity index (χ0) is 14.7. The molecule has 2 rings (SSSR count). The lowest BCUT2D eigenvalue weighted by Gasteiger charge is -2.28. The van der Waals surface area contributed by atoms with E-state index in [9.17, 15) is 4.79 Å². The molecule has 0 spiro atoms. The fourth-order valence-electron chi connectivity index (χ4n) is 2.39. The Bertz CT molecular complexity index is 513. The molecule has 1 fully saturated rings. The summed E-state index contributed by atoms with van der Waals surface area (Å²) >= 11 is 13.7. The van der Waals surface area contributed by atoms with Gasteiger partial charge >= 0.3 is 0 Å². The molecule has 2 unspecified atom stereocenters. The van der Waals surface area contributed by atoms with Crippen molar-refractivity contribution in [3.8, 4) is 0 Å². The van der Waals surface area contributed by atoms with Gasteiger partial charge in [0.25, 0.3) is 5.91 Å². The summed E-state index contributed by atoms with van der Waals surface area (Å²) in [5, 5.41) is 7.40. The maximum Gasteiger partial charge on any atom is 0.253 e. The second kappa shape index (κ2) is 8.49. The van der Waals surface area contributed by atoms with E-state index in [0.717, 1.165) is 24.3 Å². The summed E-state index contributed by atoms with van der Waals surface area (Å²) in [7, 11) is 0. The number of carbonyl (C=O) groups is 1. The van der Waals surface area contributed by atoms with Crippen molar-refractivity contribution in [1.29, 1.82) is 0 Å². The minimum absolute atomic E-state index is 0. The van der Waals surface area contributed by atoms with Gasteiger partial charge in [0, 0.05) is 17.0 Å². The smallest absolute Gasteiger partial charge is 0.253 e. The van der Waals surface area contributed by atoms with Gasteiger partial charge in [-0.05, 0) is 44.7 Å². The van der Waals surface area contributed by atoms with Crippen molar-refractivity contribution in [3.63, 3.8) is 0 Å². The highest BCUT2D eigenvalue weighted by atomic mass is 35.5. The second-order valence-corrected chi connectivity index (χ2v) is 6.68. The van der Waals surface area contributed by atoms with E-state index in [1.807, 2.05) is 6.26 Å². The standard InChI is InChI=1S/C14H18Cl2N2OS.ClH/c1-8-5-9(3-4-17-8)18-14(19)10-6-13(20-2)12(16)7-11(10)15;/h6-9,17H,3-5H2,1-2H3,(H,18,19);1H. The van der Waals surface area contributed by atoms with Crippen LogP contribution in [0.15, 0.2) is 17.0 Å². The van der Waals surface area contributed by atoms with Crippen LogP contribution in [-0.2, 0) is 0 Å². The second-order valence-electron chi connectivity index (χ2n) is 5.02. The third kappa shape index (κ3) is 4.93. The average molecular weight is 370 g/mol. The molecule has 0 radical (unpaired) electrons. The van der Waals surface area contributed by atoms with Crippen molar-refractivity contribution in [2.45, 2.75) is 36.7 Å². The van der Waals surface area contributed by atoms with Gasteiger partial charge in [0.05, 0.1) is 15.6 Å². The first kappa shape index (κ1) is 18.9. The monoisotopic (exact) mass is 368 g/mol. The third-order valence-electron chi connectivity index (χ3n) is 3.44. The number of piperidine rings is 1. The van der Waals surface area contributed by atoms with E-state index < -0.39 is 0 Å². The summed E-state index contributed by atoms with van der Waals surface area (Å²) in [5.74, 6) is -0.124. The Kier molecular flexibility index (Phi) is 7.65. The number of benzene rings is 1. The average Bonchev–Trinajstić information content (AvgIpc) is 2.38. The highest BCUT2D eigenvalue weighted by Gasteiger charge is 2.22. The third-order valence-corrected chi connectivity index (χ3v) is 4.96. The van der Waals surface area contributed by atoms with Crippen LogP contribution in [0.5, 0.6) is 0 Å². The van der Waals surface area contributed by atoms with E-state index in [1.54, 1.807) is 12.1 Å². The molecule has 0 aliphatic carbocycles. The molecule has 0 aromatic heterocycles. The summed E-state index contributed by atoms with van der Waals surface area (Å²) in [6.45, 7) is 3.05. The Balaban J connectivity index is 0.00000220. The molecule has 1 saturated heterocycles. The lowest BCUT2D eigenvalue weighted by molar-refractivity contribution is 0.0925. The van der Waals surface area contributed by atoms with Gasteiger partial charge in [0.1, 0.15) is 0 Å². The molecule has 7 heteroatoms. The molecule has 1 amide bonds. The summed E-state index contributed by atoms with van der Waals surface area (Å²) < 4.78 is 0. The molecule has 1 aromatic carbocycles. The highest BCUT2D eigenvalue weighted by Crippen LogP contribution is 2.31. The fraction of sp³-hybridized carbons (Fsp3) is 0.500. The summed E-state index contributed by atoms with van der Waals surface area (Å²) in [6, 6.07) is 4.02. The first-order chi connectivity index (χ1) is 9.51. The number of amides is 1. The first-order valence-corrected chi connectivity index (χ1v) is 8.56. The Morgan fingerprint density at radius 3 is 2.71 bits per heavy atom. The summed E-state index contributed by atoms with van der Waals surface area (Å²) in [6.07, 6.45) is 3.80. The van der Waals surface area contributed by atoms with Crippen LogP contribution in [0, 0.1) is 0 Å². The Labute approximate surface area is 145 Å². The normalized spacial score (nSPS) is 21.5. The molecule has 2 atom stereocenters. The quantitative estimate of drug-likeness (QED) is 0.791. The number of hydrogen-bond donors (Lipinski definition) is 2. The van der Waals surface area contributed by atoms with E-state index in [0.29, 0.717) is 21.7 Å². The van der Waals surface area contributed by atoms with Gasteiger partial charge < -0.3 is 10.6 Å². The molecule has 2 N–H and O–H groups in total. The molecule has 1 aromatic rings. The van der Waals surface area contributed by atoms with Crippen molar-refractivity contribution < 1.29 is 4.79 Å². The molecule has 1 aliphatic heterocycles. The van der Waals surface area contributed by atoms with E-state index in [1.165, 1.54) is 11.8 Å². The van der Waals surface area contributed by atoms with E-state index in [-0.39, 0.29) is 24.4 Å². The van der Waals surface area contributed by atoms with Crippen molar-refractivity contribution in [1.82, 2.24) is 10.6 Å². The molecule has 1 aliphatic rings. The number of thioether (sulfide) groups is 1. The van der Waals surface area contributed by atoms with Crippen LogP contribution in [0.3, 0.4) is 0 Å². The SMILES string of the molecule is CSc1cc(C(=O)NC2CCNC(C)C2)c(Cl)cc1Cl.Cl. The molecule has 0 bridgehead atoms. The van der Waals surface area contributed by atoms with Gasteiger partial charge in [-0.25, -0.2) is 0 Å². The van der Waals surface area contributed by atoms with Crippen molar-refractivity contribution in [3.05, 3.63) is 27.7 Å². The number of carbonyl (C=O) groups excluding carboxylic acids is 1. The first-order valence-electron chi connectivity index (χ1n) is 6.58. The number of halogens is 3. The number of nitrogens with one attached hydrogen (secondary N) is 2. The zero-order valence-electron chi connectivity index (χ0n) is 11.9. The van der Waals surface area contributed by atoms with Crippen LogP contribution >= 0.6 is 47.4 Å². The number of rotatable bonds is 3. The van der Waals surface area contributed by atoms with Gasteiger partial charge in [0.2, 0.25) is 0 Å². The molecule has 1 heterocycles. The van der Waals surface area contributed by atoms with Crippen LogP contribution < -0.4 is 10.6 Å². The maximum absolute atomic E-state index is 12.4. The predicted octanol–water partition coefficient (Wildman–Crippen LogP) is 4.01. The maximum atomic E-state index is 12.4. The van der Waals surface area contributed by atoms with Crippen LogP contribution in [0.1, 0.15) is 30.1 Å². The molecular weight excluding hydrogens is 351 g/mol. The minimum Gasteiger partial charge on any atom is -0.349 e. The summed E-state index contributed by atoms with van der Waals surface area (Å²) in [4.78, 5) is 13.2. The molecule has 21 heavy (non-hydrogen) atoms. The van der Waals surface area contributed by atoms with E-state index in [2.05, 4.69) is 17.6 Å². The van der Waals surface area contributed by atoms with Crippen molar-refractivity contribution in [2.75, 3.05) is 12.8 Å². The predicted molar refractivity (Wildman–Crippen MR) is 93.4 cm³/mol. The topological polar surface area (TPSA) is 41.1 Å². The van der Waals surface area contributed by atoms with Crippen LogP contribution in [0.25, 0.3) is 0 Å².